The SMILES string of the molecule is N#CC1CN(C(=O)Cc2cn3ccccc3n2)CCN1Cc1ccccc1. The Morgan fingerprint density at radius 1 is 1.15 bits per heavy atom. The van der Waals surface area contributed by atoms with Gasteiger partial charge < -0.3 is 9.30 Å². The van der Waals surface area contributed by atoms with Gasteiger partial charge in [0.25, 0.3) is 0 Å². The van der Waals surface area contributed by atoms with Crippen LogP contribution >= 0.6 is 0 Å². The third-order valence-corrected chi connectivity index (χ3v) is 4.97. The van der Waals surface area contributed by atoms with Crippen molar-refractivity contribution in [1.82, 2.24) is 19.2 Å². The van der Waals surface area contributed by atoms with Gasteiger partial charge >= 0.3 is 0 Å². The molecule has 1 saturated heterocycles. The minimum Gasteiger partial charge on any atom is -0.338 e. The number of piperazine rings is 1. The first-order valence-electron chi connectivity index (χ1n) is 9.11. The molecule has 27 heavy (non-hydrogen) atoms. The van der Waals surface area contributed by atoms with E-state index in [4.69, 9.17) is 0 Å². The van der Waals surface area contributed by atoms with E-state index in [0.717, 1.165) is 17.9 Å². The lowest BCUT2D eigenvalue weighted by atomic mass is 10.1. The van der Waals surface area contributed by atoms with E-state index in [0.29, 0.717) is 19.6 Å². The van der Waals surface area contributed by atoms with Crippen LogP contribution in [-0.2, 0) is 17.8 Å². The molecule has 3 heterocycles. The van der Waals surface area contributed by atoms with Crippen molar-refractivity contribution < 1.29 is 4.79 Å². The lowest BCUT2D eigenvalue weighted by Gasteiger charge is -2.38. The number of nitriles is 1. The van der Waals surface area contributed by atoms with Gasteiger partial charge in [0, 0.05) is 38.6 Å². The molecule has 0 bridgehead atoms. The van der Waals surface area contributed by atoms with E-state index in [1.165, 1.54) is 5.56 Å². The summed E-state index contributed by atoms with van der Waals surface area (Å²) in [5.74, 6) is 0.0259. The van der Waals surface area contributed by atoms with Crippen molar-refractivity contribution >= 4 is 11.6 Å². The Balaban J connectivity index is 1.40. The summed E-state index contributed by atoms with van der Waals surface area (Å²) in [4.78, 5) is 21.2. The molecule has 1 aliphatic heterocycles. The van der Waals surface area contributed by atoms with E-state index in [2.05, 4.69) is 28.1 Å². The molecule has 6 nitrogen and oxygen atoms in total. The average molecular weight is 359 g/mol. The van der Waals surface area contributed by atoms with Crippen LogP contribution in [0.2, 0.25) is 0 Å². The number of carbonyl (C=O) groups excluding carboxylic acids is 1. The van der Waals surface area contributed by atoms with Crippen molar-refractivity contribution in [3.8, 4) is 6.07 Å². The Bertz CT molecular complexity index is 942. The third kappa shape index (κ3) is 3.83. The zero-order valence-electron chi connectivity index (χ0n) is 15.0. The van der Waals surface area contributed by atoms with Crippen molar-refractivity contribution in [3.05, 3.63) is 72.2 Å². The second kappa shape index (κ2) is 7.60. The Hall–Kier alpha value is -3.17. The number of amides is 1. The van der Waals surface area contributed by atoms with Gasteiger partial charge in [-0.05, 0) is 17.7 Å². The molecule has 3 aromatic rings. The quantitative estimate of drug-likeness (QED) is 0.716. The number of imidazole rings is 1. The van der Waals surface area contributed by atoms with Crippen molar-refractivity contribution in [3.63, 3.8) is 0 Å². The number of fused-ring (bicyclic) bond motifs is 1. The summed E-state index contributed by atoms with van der Waals surface area (Å²) in [6.07, 6.45) is 4.07. The molecule has 1 aromatic carbocycles. The van der Waals surface area contributed by atoms with Crippen LogP contribution in [0.3, 0.4) is 0 Å². The smallest absolute Gasteiger partial charge is 0.228 e. The zero-order chi connectivity index (χ0) is 18.6. The second-order valence-corrected chi connectivity index (χ2v) is 6.82. The summed E-state index contributed by atoms with van der Waals surface area (Å²) in [5, 5.41) is 9.58. The van der Waals surface area contributed by atoms with Crippen molar-refractivity contribution in [2.45, 2.75) is 19.0 Å². The van der Waals surface area contributed by atoms with Gasteiger partial charge in [0.1, 0.15) is 11.7 Å². The summed E-state index contributed by atoms with van der Waals surface area (Å²) in [5.41, 5.74) is 2.77. The fourth-order valence-corrected chi connectivity index (χ4v) is 3.52. The van der Waals surface area contributed by atoms with E-state index in [1.807, 2.05) is 53.2 Å². The molecule has 4 rings (SSSR count). The van der Waals surface area contributed by atoms with Crippen LogP contribution in [0, 0.1) is 11.3 Å². The Labute approximate surface area is 158 Å². The molecule has 0 saturated carbocycles. The normalized spacial score (nSPS) is 17.7. The monoisotopic (exact) mass is 359 g/mol. The van der Waals surface area contributed by atoms with Crippen LogP contribution in [0.25, 0.3) is 5.65 Å². The van der Waals surface area contributed by atoms with E-state index in [1.54, 1.807) is 4.90 Å². The van der Waals surface area contributed by atoms with Crippen molar-refractivity contribution in [2.75, 3.05) is 19.6 Å². The van der Waals surface area contributed by atoms with Gasteiger partial charge in [-0.15, -0.1) is 0 Å². The molecule has 1 aliphatic rings. The van der Waals surface area contributed by atoms with Gasteiger partial charge in [0.2, 0.25) is 5.91 Å². The van der Waals surface area contributed by atoms with Gasteiger partial charge in [0.05, 0.1) is 18.2 Å². The molecular weight excluding hydrogens is 338 g/mol. The topological polar surface area (TPSA) is 64.6 Å². The van der Waals surface area contributed by atoms with Crippen LogP contribution in [0.5, 0.6) is 0 Å². The number of benzene rings is 1. The number of pyridine rings is 1. The number of hydrogen-bond donors (Lipinski definition) is 0. The van der Waals surface area contributed by atoms with E-state index in [9.17, 15) is 10.1 Å². The first kappa shape index (κ1) is 17.3. The molecule has 0 radical (unpaired) electrons. The molecule has 0 N–H and O–H groups in total. The minimum absolute atomic E-state index is 0.0259. The number of nitrogens with zero attached hydrogens (tertiary/aromatic N) is 5. The standard InChI is InChI=1S/C21H21N5O/c22-13-19-16-26(11-10-24(19)14-17-6-2-1-3-7-17)21(27)12-18-15-25-9-5-4-8-20(25)23-18/h1-9,15,19H,10-12,14,16H2. The van der Waals surface area contributed by atoms with Crippen LogP contribution < -0.4 is 0 Å². The molecule has 1 amide bonds. The van der Waals surface area contributed by atoms with Crippen LogP contribution in [-0.4, -0.2) is 50.8 Å². The number of hydrogen-bond acceptors (Lipinski definition) is 4. The first-order valence-corrected chi connectivity index (χ1v) is 9.11. The fraction of sp³-hybridized carbons (Fsp3) is 0.286. The number of aromatic nitrogens is 2. The lowest BCUT2D eigenvalue weighted by molar-refractivity contribution is -0.133. The molecule has 1 atom stereocenters. The summed E-state index contributed by atoms with van der Waals surface area (Å²) in [6.45, 7) is 2.50. The molecule has 0 aliphatic carbocycles. The van der Waals surface area contributed by atoms with Crippen LogP contribution in [0.4, 0.5) is 0 Å². The zero-order valence-corrected chi connectivity index (χ0v) is 15.0. The maximum absolute atomic E-state index is 12.7. The third-order valence-electron chi connectivity index (χ3n) is 4.97. The summed E-state index contributed by atoms with van der Waals surface area (Å²) in [6, 6.07) is 18.0. The summed E-state index contributed by atoms with van der Waals surface area (Å²) < 4.78 is 1.92. The highest BCUT2D eigenvalue weighted by Gasteiger charge is 2.29. The fourth-order valence-electron chi connectivity index (χ4n) is 3.52. The molecule has 6 heteroatoms. The lowest BCUT2D eigenvalue weighted by Crippen LogP contribution is -2.54. The Kier molecular flexibility index (Phi) is 4.86. The van der Waals surface area contributed by atoms with Gasteiger partial charge in [-0.25, -0.2) is 4.98 Å². The highest BCUT2D eigenvalue weighted by molar-refractivity contribution is 5.78. The van der Waals surface area contributed by atoms with Crippen molar-refractivity contribution in [2.24, 2.45) is 0 Å². The minimum atomic E-state index is -0.288. The van der Waals surface area contributed by atoms with Gasteiger partial charge in [-0.2, -0.15) is 5.26 Å². The highest BCUT2D eigenvalue weighted by atomic mass is 16.2. The largest absolute Gasteiger partial charge is 0.338 e. The van der Waals surface area contributed by atoms with Gasteiger partial charge in [-0.3, -0.25) is 9.69 Å². The molecule has 136 valence electrons. The van der Waals surface area contributed by atoms with Crippen molar-refractivity contribution in [1.29, 1.82) is 5.26 Å². The maximum atomic E-state index is 12.7. The molecule has 1 unspecified atom stereocenters. The molecule has 1 fully saturated rings. The Morgan fingerprint density at radius 3 is 2.74 bits per heavy atom. The molecular formula is C21H21N5O. The maximum Gasteiger partial charge on any atom is 0.228 e. The predicted octanol–water partition coefficient (Wildman–Crippen LogP) is 2.11. The van der Waals surface area contributed by atoms with E-state index >= 15 is 0 Å². The highest BCUT2D eigenvalue weighted by Crippen LogP contribution is 2.15. The van der Waals surface area contributed by atoms with Crippen LogP contribution in [0.1, 0.15) is 11.3 Å². The summed E-state index contributed by atoms with van der Waals surface area (Å²) in [7, 11) is 0. The molecule has 0 spiro atoms. The predicted molar refractivity (Wildman–Crippen MR) is 102 cm³/mol. The average Bonchev–Trinajstić information content (AvgIpc) is 3.11. The van der Waals surface area contributed by atoms with Crippen LogP contribution in [0.15, 0.2) is 60.9 Å². The second-order valence-electron chi connectivity index (χ2n) is 6.82. The summed E-state index contributed by atoms with van der Waals surface area (Å²) >= 11 is 0. The number of carbonyl (C=O) groups is 1. The Morgan fingerprint density at radius 2 is 1.96 bits per heavy atom. The van der Waals surface area contributed by atoms with Gasteiger partial charge in [-0.1, -0.05) is 36.4 Å². The van der Waals surface area contributed by atoms with Gasteiger partial charge in [0.15, 0.2) is 0 Å². The first-order chi connectivity index (χ1) is 13.2. The molecule has 2 aromatic heterocycles. The van der Waals surface area contributed by atoms with E-state index in [-0.39, 0.29) is 18.4 Å². The van der Waals surface area contributed by atoms with E-state index < -0.39 is 0 Å². The number of rotatable bonds is 4.